The maximum atomic E-state index is 12.0. The lowest BCUT2D eigenvalue weighted by Gasteiger charge is -2.22. The number of hydrogen-bond donors (Lipinski definition) is 1. The molecule has 0 saturated carbocycles. The molecule has 20 heavy (non-hydrogen) atoms. The molecule has 0 radical (unpaired) electrons. The predicted molar refractivity (Wildman–Crippen MR) is 75.4 cm³/mol. The number of ether oxygens (including phenoxy) is 1. The van der Waals surface area contributed by atoms with Gasteiger partial charge in [0.1, 0.15) is 0 Å². The molecular weight excluding hydrogens is 302 g/mol. The molecule has 0 bridgehead atoms. The molecule has 1 heterocycles. The smallest absolute Gasteiger partial charge is 0.261 e. The summed E-state index contributed by atoms with van der Waals surface area (Å²) < 4.78 is 28.0. The van der Waals surface area contributed by atoms with Gasteiger partial charge in [0.25, 0.3) is 15.0 Å². The van der Waals surface area contributed by atoms with Gasteiger partial charge in [0, 0.05) is 29.4 Å². The molecule has 1 atom stereocenters. The van der Waals surface area contributed by atoms with Gasteiger partial charge >= 0.3 is 0 Å². The van der Waals surface area contributed by atoms with Crippen molar-refractivity contribution in [2.24, 2.45) is 0 Å². The van der Waals surface area contributed by atoms with Gasteiger partial charge in [-0.05, 0) is 37.5 Å². The SMILES string of the molecule is O=C(NCC1CCCCO1)c1cccc(S(=O)(=O)Cl)c1. The number of nitrogens with one attached hydrogen (secondary N) is 1. The van der Waals surface area contributed by atoms with E-state index in [0.29, 0.717) is 6.54 Å². The molecule has 1 amide bonds. The number of benzene rings is 1. The fourth-order valence-electron chi connectivity index (χ4n) is 2.07. The number of halogens is 1. The summed E-state index contributed by atoms with van der Waals surface area (Å²) in [6, 6.07) is 5.65. The Morgan fingerprint density at radius 3 is 2.85 bits per heavy atom. The minimum Gasteiger partial charge on any atom is -0.376 e. The molecule has 5 nitrogen and oxygen atoms in total. The van der Waals surface area contributed by atoms with Crippen LogP contribution in [0.15, 0.2) is 29.2 Å². The predicted octanol–water partition coefficient (Wildman–Crippen LogP) is 1.91. The number of carbonyl (C=O) groups is 1. The van der Waals surface area contributed by atoms with Crippen LogP contribution in [0, 0.1) is 0 Å². The molecular formula is C13H16ClNO4S. The van der Waals surface area contributed by atoms with Gasteiger partial charge in [-0.25, -0.2) is 8.42 Å². The second-order valence-corrected chi connectivity index (χ2v) is 7.23. The van der Waals surface area contributed by atoms with Crippen LogP contribution in [0.5, 0.6) is 0 Å². The maximum Gasteiger partial charge on any atom is 0.261 e. The molecule has 1 aliphatic rings. The zero-order chi connectivity index (χ0) is 14.6. The first-order valence-electron chi connectivity index (χ1n) is 6.41. The summed E-state index contributed by atoms with van der Waals surface area (Å²) in [6.45, 7) is 1.15. The van der Waals surface area contributed by atoms with E-state index >= 15 is 0 Å². The number of carbonyl (C=O) groups excluding carboxylic acids is 1. The molecule has 1 unspecified atom stereocenters. The van der Waals surface area contributed by atoms with Gasteiger partial charge in [-0.2, -0.15) is 0 Å². The van der Waals surface area contributed by atoms with E-state index in [1.165, 1.54) is 18.2 Å². The zero-order valence-corrected chi connectivity index (χ0v) is 12.4. The van der Waals surface area contributed by atoms with Gasteiger partial charge in [-0.3, -0.25) is 4.79 Å². The van der Waals surface area contributed by atoms with E-state index in [9.17, 15) is 13.2 Å². The maximum absolute atomic E-state index is 12.0. The highest BCUT2D eigenvalue weighted by atomic mass is 35.7. The van der Waals surface area contributed by atoms with Crippen molar-refractivity contribution in [3.05, 3.63) is 29.8 Å². The van der Waals surface area contributed by atoms with Gasteiger partial charge in [0.2, 0.25) is 0 Å². The fraction of sp³-hybridized carbons (Fsp3) is 0.462. The molecule has 1 aromatic carbocycles. The molecule has 110 valence electrons. The van der Waals surface area contributed by atoms with Gasteiger partial charge < -0.3 is 10.1 Å². The quantitative estimate of drug-likeness (QED) is 0.861. The van der Waals surface area contributed by atoms with E-state index in [1.54, 1.807) is 6.07 Å². The normalized spacial score (nSPS) is 19.6. The number of hydrogen-bond acceptors (Lipinski definition) is 4. The molecule has 7 heteroatoms. The van der Waals surface area contributed by atoms with Crippen molar-refractivity contribution in [3.63, 3.8) is 0 Å². The summed E-state index contributed by atoms with van der Waals surface area (Å²) in [4.78, 5) is 11.9. The van der Waals surface area contributed by atoms with Crippen LogP contribution in [-0.4, -0.2) is 33.6 Å². The first-order chi connectivity index (χ1) is 9.47. The van der Waals surface area contributed by atoms with E-state index in [-0.39, 0.29) is 22.5 Å². The van der Waals surface area contributed by atoms with E-state index in [1.807, 2.05) is 0 Å². The van der Waals surface area contributed by atoms with Crippen molar-refractivity contribution in [1.29, 1.82) is 0 Å². The Hall–Kier alpha value is -1.11. The van der Waals surface area contributed by atoms with Crippen molar-refractivity contribution < 1.29 is 17.9 Å². The molecule has 0 aliphatic carbocycles. The van der Waals surface area contributed by atoms with E-state index in [2.05, 4.69) is 5.32 Å². The molecule has 1 saturated heterocycles. The van der Waals surface area contributed by atoms with Crippen LogP contribution in [0.4, 0.5) is 0 Å². The minimum atomic E-state index is -3.83. The van der Waals surface area contributed by atoms with Crippen molar-refractivity contribution in [3.8, 4) is 0 Å². The first-order valence-corrected chi connectivity index (χ1v) is 8.72. The van der Waals surface area contributed by atoms with Gasteiger partial charge in [0.05, 0.1) is 11.0 Å². The van der Waals surface area contributed by atoms with Crippen LogP contribution in [0.2, 0.25) is 0 Å². The fourth-order valence-corrected chi connectivity index (χ4v) is 2.86. The highest BCUT2D eigenvalue weighted by molar-refractivity contribution is 8.13. The molecule has 0 spiro atoms. The topological polar surface area (TPSA) is 72.5 Å². The highest BCUT2D eigenvalue weighted by Crippen LogP contribution is 2.16. The third-order valence-corrected chi connectivity index (χ3v) is 4.49. The third kappa shape index (κ3) is 4.19. The molecule has 0 aromatic heterocycles. The van der Waals surface area contributed by atoms with Crippen LogP contribution >= 0.6 is 10.7 Å². The van der Waals surface area contributed by atoms with Crippen molar-refractivity contribution in [2.75, 3.05) is 13.2 Å². The number of amides is 1. The Morgan fingerprint density at radius 2 is 2.20 bits per heavy atom. The molecule has 1 fully saturated rings. The lowest BCUT2D eigenvalue weighted by Crippen LogP contribution is -2.35. The lowest BCUT2D eigenvalue weighted by molar-refractivity contribution is 0.0169. The van der Waals surface area contributed by atoms with Crippen LogP contribution in [0.1, 0.15) is 29.6 Å². The Morgan fingerprint density at radius 1 is 1.40 bits per heavy atom. The lowest BCUT2D eigenvalue weighted by atomic mass is 10.1. The summed E-state index contributed by atoms with van der Waals surface area (Å²) in [7, 11) is 1.43. The first kappa shape index (κ1) is 15.3. The van der Waals surface area contributed by atoms with E-state index in [4.69, 9.17) is 15.4 Å². The molecule has 2 rings (SSSR count). The van der Waals surface area contributed by atoms with Crippen LogP contribution < -0.4 is 5.32 Å². The Balaban J connectivity index is 1.98. The second kappa shape index (κ2) is 6.56. The standard InChI is InChI=1S/C13H16ClNO4S/c14-20(17,18)12-6-3-4-10(8-12)13(16)15-9-11-5-1-2-7-19-11/h3-4,6,8,11H,1-2,5,7,9H2,(H,15,16). The summed E-state index contributed by atoms with van der Waals surface area (Å²) >= 11 is 0. The summed E-state index contributed by atoms with van der Waals surface area (Å²) in [5, 5.41) is 2.75. The summed E-state index contributed by atoms with van der Waals surface area (Å²) in [6.07, 6.45) is 3.12. The Kier molecular flexibility index (Phi) is 5.01. The van der Waals surface area contributed by atoms with Crippen molar-refractivity contribution in [2.45, 2.75) is 30.3 Å². The van der Waals surface area contributed by atoms with E-state index < -0.39 is 9.05 Å². The molecule has 1 N–H and O–H groups in total. The Labute approximate surface area is 122 Å². The number of rotatable bonds is 4. The van der Waals surface area contributed by atoms with Gasteiger partial charge in [0.15, 0.2) is 0 Å². The van der Waals surface area contributed by atoms with E-state index in [0.717, 1.165) is 25.9 Å². The third-order valence-electron chi connectivity index (χ3n) is 3.14. The largest absolute Gasteiger partial charge is 0.376 e. The summed E-state index contributed by atoms with van der Waals surface area (Å²) in [5.41, 5.74) is 0.266. The zero-order valence-electron chi connectivity index (χ0n) is 10.8. The van der Waals surface area contributed by atoms with Crippen LogP contribution in [-0.2, 0) is 13.8 Å². The average Bonchev–Trinajstić information content (AvgIpc) is 2.45. The highest BCUT2D eigenvalue weighted by Gasteiger charge is 2.17. The van der Waals surface area contributed by atoms with Crippen LogP contribution in [0.3, 0.4) is 0 Å². The van der Waals surface area contributed by atoms with Crippen molar-refractivity contribution >= 4 is 25.6 Å². The Bertz CT molecular complexity index is 582. The monoisotopic (exact) mass is 317 g/mol. The minimum absolute atomic E-state index is 0.0349. The van der Waals surface area contributed by atoms with Gasteiger partial charge in [-0.15, -0.1) is 0 Å². The molecule has 1 aliphatic heterocycles. The molecule has 1 aromatic rings. The average molecular weight is 318 g/mol. The second-order valence-electron chi connectivity index (χ2n) is 4.66. The summed E-state index contributed by atoms with van der Waals surface area (Å²) in [5.74, 6) is -0.332. The van der Waals surface area contributed by atoms with Crippen LogP contribution in [0.25, 0.3) is 0 Å². The van der Waals surface area contributed by atoms with Crippen molar-refractivity contribution in [1.82, 2.24) is 5.32 Å². The van der Waals surface area contributed by atoms with Gasteiger partial charge in [-0.1, -0.05) is 6.07 Å².